The van der Waals surface area contributed by atoms with Gasteiger partial charge in [-0.15, -0.1) is 11.3 Å². The number of amides is 1. The van der Waals surface area contributed by atoms with E-state index in [1.807, 2.05) is 36.4 Å². The van der Waals surface area contributed by atoms with E-state index in [2.05, 4.69) is 16.4 Å². The minimum absolute atomic E-state index is 0.188. The summed E-state index contributed by atoms with van der Waals surface area (Å²) in [5, 5.41) is 12.4. The van der Waals surface area contributed by atoms with Crippen LogP contribution in [0, 0.1) is 25.2 Å². The molecule has 7 heteroatoms. The summed E-state index contributed by atoms with van der Waals surface area (Å²) in [6.07, 6.45) is 0. The molecule has 0 saturated heterocycles. The van der Waals surface area contributed by atoms with Crippen molar-refractivity contribution in [1.29, 1.82) is 5.26 Å². The number of hydrogen-bond donors (Lipinski definition) is 1. The summed E-state index contributed by atoms with van der Waals surface area (Å²) in [4.78, 5) is 31.6. The Bertz CT molecular complexity index is 1360. The molecule has 0 aliphatic rings. The largest absolute Gasteiger partial charge is 0.321 e. The number of aromatic nitrogens is 2. The van der Waals surface area contributed by atoms with Gasteiger partial charge < -0.3 is 5.32 Å². The summed E-state index contributed by atoms with van der Waals surface area (Å²) in [7, 11) is 0. The number of nitriles is 1. The molecule has 4 rings (SSSR count). The molecule has 0 bridgehead atoms. The molecule has 0 fully saturated rings. The molecule has 1 N–H and O–H groups in total. The second kappa shape index (κ2) is 7.93. The number of hydrogen-bond acceptors (Lipinski definition) is 5. The molecule has 0 unspecified atom stereocenters. The first-order chi connectivity index (χ1) is 14.5. The van der Waals surface area contributed by atoms with Crippen molar-refractivity contribution >= 4 is 33.1 Å². The summed E-state index contributed by atoms with van der Waals surface area (Å²) in [6, 6.07) is 18.4. The number of benzene rings is 2. The van der Waals surface area contributed by atoms with Crippen molar-refractivity contribution in [3.8, 4) is 6.07 Å². The maximum absolute atomic E-state index is 13.3. The molecule has 148 valence electrons. The molecular formula is C23H18N4O2S. The molecule has 30 heavy (non-hydrogen) atoms. The quantitative estimate of drug-likeness (QED) is 0.541. The highest BCUT2D eigenvalue weighted by molar-refractivity contribution is 7.20. The molecule has 1 amide bonds. The number of carbonyl (C=O) groups excluding carboxylic acids is 1. The Balaban J connectivity index is 1.75. The molecule has 0 atom stereocenters. The standard InChI is InChI=1S/C23H18N4O2S/c1-14-19-22(30-20(14)21(28)26-18-9-4-3-5-10-18)25-15(2)27(23(19)29)13-17-8-6-7-16(11-17)12-24/h3-11H,13H2,1-2H3,(H,26,28). The van der Waals surface area contributed by atoms with Crippen LogP contribution in [-0.4, -0.2) is 15.5 Å². The second-order valence-corrected chi connectivity index (χ2v) is 7.92. The number of thiophene rings is 1. The van der Waals surface area contributed by atoms with Crippen molar-refractivity contribution in [2.45, 2.75) is 20.4 Å². The lowest BCUT2D eigenvalue weighted by Gasteiger charge is -2.10. The molecule has 0 aliphatic heterocycles. The van der Waals surface area contributed by atoms with E-state index in [0.29, 0.717) is 44.3 Å². The van der Waals surface area contributed by atoms with E-state index in [0.717, 1.165) is 5.56 Å². The maximum atomic E-state index is 13.3. The van der Waals surface area contributed by atoms with E-state index >= 15 is 0 Å². The molecule has 6 nitrogen and oxygen atoms in total. The minimum Gasteiger partial charge on any atom is -0.321 e. The Hall–Kier alpha value is -3.76. The number of rotatable bonds is 4. The van der Waals surface area contributed by atoms with Gasteiger partial charge >= 0.3 is 0 Å². The van der Waals surface area contributed by atoms with E-state index in [4.69, 9.17) is 5.26 Å². The number of aryl methyl sites for hydroxylation is 2. The van der Waals surface area contributed by atoms with Crippen LogP contribution >= 0.6 is 11.3 Å². The van der Waals surface area contributed by atoms with Crippen LogP contribution in [0.25, 0.3) is 10.2 Å². The van der Waals surface area contributed by atoms with Gasteiger partial charge in [0.2, 0.25) is 0 Å². The summed E-state index contributed by atoms with van der Waals surface area (Å²) in [6.45, 7) is 3.86. The lowest BCUT2D eigenvalue weighted by molar-refractivity contribution is 0.103. The van der Waals surface area contributed by atoms with E-state index in [1.54, 1.807) is 36.6 Å². The van der Waals surface area contributed by atoms with Gasteiger partial charge in [-0.1, -0.05) is 30.3 Å². The van der Waals surface area contributed by atoms with E-state index < -0.39 is 0 Å². The predicted molar refractivity (Wildman–Crippen MR) is 118 cm³/mol. The number of anilines is 1. The first-order valence-corrected chi connectivity index (χ1v) is 10.2. The highest BCUT2D eigenvalue weighted by Crippen LogP contribution is 2.28. The van der Waals surface area contributed by atoms with Gasteiger partial charge in [-0.2, -0.15) is 5.26 Å². The van der Waals surface area contributed by atoms with Crippen molar-refractivity contribution in [3.05, 3.63) is 92.3 Å². The summed E-state index contributed by atoms with van der Waals surface area (Å²) < 4.78 is 1.58. The van der Waals surface area contributed by atoms with Crippen LogP contribution in [0.1, 0.15) is 32.2 Å². The van der Waals surface area contributed by atoms with Gasteiger partial charge in [0.25, 0.3) is 11.5 Å². The zero-order valence-electron chi connectivity index (χ0n) is 16.5. The van der Waals surface area contributed by atoms with Crippen molar-refractivity contribution in [2.75, 3.05) is 5.32 Å². The van der Waals surface area contributed by atoms with Crippen molar-refractivity contribution < 1.29 is 4.79 Å². The van der Waals surface area contributed by atoms with Crippen LogP contribution in [0.4, 0.5) is 5.69 Å². The highest BCUT2D eigenvalue weighted by Gasteiger charge is 2.21. The normalized spacial score (nSPS) is 10.7. The SMILES string of the molecule is Cc1c(C(=O)Nc2ccccc2)sc2nc(C)n(Cc3cccc(C#N)c3)c(=O)c12. The van der Waals surface area contributed by atoms with Gasteiger partial charge in [-0.25, -0.2) is 4.98 Å². The molecule has 2 aromatic carbocycles. The fourth-order valence-corrected chi connectivity index (χ4v) is 4.46. The molecular weight excluding hydrogens is 396 g/mol. The van der Waals surface area contributed by atoms with Gasteiger partial charge in [0.05, 0.1) is 28.4 Å². The first kappa shape index (κ1) is 19.6. The minimum atomic E-state index is -0.257. The van der Waals surface area contributed by atoms with E-state index in [1.165, 1.54) is 11.3 Å². The highest BCUT2D eigenvalue weighted by atomic mass is 32.1. The van der Waals surface area contributed by atoms with Crippen molar-refractivity contribution in [2.24, 2.45) is 0 Å². The third kappa shape index (κ3) is 3.61. The number of nitrogens with one attached hydrogen (secondary N) is 1. The fourth-order valence-electron chi connectivity index (χ4n) is 3.35. The number of para-hydroxylation sites is 1. The van der Waals surface area contributed by atoms with Gasteiger partial charge in [-0.3, -0.25) is 14.2 Å². The van der Waals surface area contributed by atoms with Crippen molar-refractivity contribution in [1.82, 2.24) is 9.55 Å². The molecule has 0 aliphatic carbocycles. The Morgan fingerprint density at radius 3 is 2.67 bits per heavy atom. The smallest absolute Gasteiger partial charge is 0.266 e. The monoisotopic (exact) mass is 414 g/mol. The van der Waals surface area contributed by atoms with Crippen LogP contribution in [0.5, 0.6) is 0 Å². The Morgan fingerprint density at radius 1 is 1.17 bits per heavy atom. The fraction of sp³-hybridized carbons (Fsp3) is 0.130. The summed E-state index contributed by atoms with van der Waals surface area (Å²) in [5.74, 6) is 0.304. The third-order valence-corrected chi connectivity index (χ3v) is 6.06. The summed E-state index contributed by atoms with van der Waals surface area (Å²) in [5.41, 5.74) is 2.51. The van der Waals surface area contributed by atoms with Crippen LogP contribution in [-0.2, 0) is 6.54 Å². The topological polar surface area (TPSA) is 87.8 Å². The number of carbonyl (C=O) groups is 1. The Kier molecular flexibility index (Phi) is 5.17. The molecule has 2 aromatic heterocycles. The molecule has 0 radical (unpaired) electrons. The predicted octanol–water partition coefficient (Wildman–Crippen LogP) is 4.25. The van der Waals surface area contributed by atoms with Crippen molar-refractivity contribution in [3.63, 3.8) is 0 Å². The van der Waals surface area contributed by atoms with Crippen LogP contribution in [0.15, 0.2) is 59.4 Å². The zero-order chi connectivity index (χ0) is 21.3. The molecule has 0 saturated carbocycles. The van der Waals surface area contributed by atoms with Crippen LogP contribution < -0.4 is 10.9 Å². The lowest BCUT2D eigenvalue weighted by atomic mass is 10.1. The molecule has 4 aromatic rings. The molecule has 0 spiro atoms. The first-order valence-electron chi connectivity index (χ1n) is 9.34. The number of fused-ring (bicyclic) bond motifs is 1. The average molecular weight is 414 g/mol. The molecule has 2 heterocycles. The average Bonchev–Trinajstić information content (AvgIpc) is 3.08. The van der Waals surface area contributed by atoms with Gasteiger partial charge in [0.1, 0.15) is 10.7 Å². The Labute approximate surface area is 177 Å². The number of nitrogens with zero attached hydrogens (tertiary/aromatic N) is 3. The lowest BCUT2D eigenvalue weighted by Crippen LogP contribution is -2.24. The zero-order valence-corrected chi connectivity index (χ0v) is 17.3. The summed E-state index contributed by atoms with van der Waals surface area (Å²) >= 11 is 1.22. The maximum Gasteiger partial charge on any atom is 0.266 e. The van der Waals surface area contributed by atoms with Gasteiger partial charge in [0.15, 0.2) is 0 Å². The van der Waals surface area contributed by atoms with E-state index in [9.17, 15) is 9.59 Å². The van der Waals surface area contributed by atoms with Gasteiger partial charge in [-0.05, 0) is 49.2 Å². The van der Waals surface area contributed by atoms with Crippen LogP contribution in [0.3, 0.4) is 0 Å². The van der Waals surface area contributed by atoms with Gasteiger partial charge in [0, 0.05) is 5.69 Å². The third-order valence-electron chi connectivity index (χ3n) is 4.88. The van der Waals surface area contributed by atoms with E-state index in [-0.39, 0.29) is 11.5 Å². The van der Waals surface area contributed by atoms with Crippen LogP contribution in [0.2, 0.25) is 0 Å². The second-order valence-electron chi connectivity index (χ2n) is 6.92. The Morgan fingerprint density at radius 2 is 1.93 bits per heavy atom.